The Hall–Kier alpha value is -0.730. The number of benzene rings is 1. The molecule has 76 valence electrons. The molecule has 2 N–H and O–H groups in total. The topological polar surface area (TPSA) is 40.5 Å². The maximum Gasteiger partial charge on any atom is 0.120 e. The van der Waals surface area contributed by atoms with Crippen LogP contribution < -0.4 is 0 Å². The Bertz CT molecular complexity index is 325. The molecule has 3 heteroatoms. The van der Waals surface area contributed by atoms with Crippen LogP contribution in [0.25, 0.3) is 0 Å². The predicted molar refractivity (Wildman–Crippen MR) is 55.6 cm³/mol. The van der Waals surface area contributed by atoms with Gasteiger partial charge < -0.3 is 10.2 Å². The van der Waals surface area contributed by atoms with Crippen LogP contribution in [0.3, 0.4) is 0 Å². The number of phenolic OH excluding ortho intramolecular Hbond substituents is 1. The van der Waals surface area contributed by atoms with E-state index >= 15 is 0 Å². The largest absolute Gasteiger partial charge is 0.508 e. The molecule has 0 heterocycles. The molecular weight excluding hydrogens is 200 g/mol. The van der Waals surface area contributed by atoms with E-state index in [0.717, 1.165) is 18.4 Å². The van der Waals surface area contributed by atoms with Gasteiger partial charge in [-0.3, -0.25) is 0 Å². The Balaban J connectivity index is 2.08. The number of phenols is 1. The summed E-state index contributed by atoms with van der Waals surface area (Å²) in [7, 11) is 0. The van der Waals surface area contributed by atoms with Gasteiger partial charge in [-0.1, -0.05) is 17.7 Å². The lowest BCUT2D eigenvalue weighted by Crippen LogP contribution is -2.07. The Kier molecular flexibility index (Phi) is 2.41. The van der Waals surface area contributed by atoms with Crippen molar-refractivity contribution in [1.82, 2.24) is 0 Å². The number of halogens is 1. The van der Waals surface area contributed by atoms with Crippen LogP contribution in [0, 0.1) is 0 Å². The highest BCUT2D eigenvalue weighted by molar-refractivity contribution is 6.31. The van der Waals surface area contributed by atoms with Crippen molar-refractivity contribution >= 4 is 11.6 Å². The summed E-state index contributed by atoms with van der Waals surface area (Å²) in [5.41, 5.74) is 0.264. The normalized spacial score (nSPS) is 18.1. The molecule has 2 nitrogen and oxygen atoms in total. The van der Waals surface area contributed by atoms with Gasteiger partial charge in [0.2, 0.25) is 0 Å². The molecule has 2 rings (SSSR count). The summed E-state index contributed by atoms with van der Waals surface area (Å²) in [6.45, 7) is 0. The number of aromatic hydroxyl groups is 1. The fourth-order valence-electron chi connectivity index (χ4n) is 1.55. The highest BCUT2D eigenvalue weighted by Crippen LogP contribution is 2.40. The second-order valence-corrected chi connectivity index (χ2v) is 4.37. The second kappa shape index (κ2) is 3.44. The SMILES string of the molecule is Oc1cccc(Cl)c1CCC1(O)CC1. The molecule has 14 heavy (non-hydrogen) atoms. The zero-order chi connectivity index (χ0) is 10.2. The van der Waals surface area contributed by atoms with E-state index in [9.17, 15) is 10.2 Å². The molecule has 0 radical (unpaired) electrons. The highest BCUT2D eigenvalue weighted by atomic mass is 35.5. The molecule has 1 aliphatic rings. The van der Waals surface area contributed by atoms with E-state index in [-0.39, 0.29) is 5.75 Å². The van der Waals surface area contributed by atoms with E-state index in [1.807, 2.05) is 0 Å². The maximum atomic E-state index is 9.65. The molecule has 1 saturated carbocycles. The van der Waals surface area contributed by atoms with E-state index in [0.29, 0.717) is 17.9 Å². The van der Waals surface area contributed by atoms with Gasteiger partial charge in [0, 0.05) is 10.6 Å². The molecule has 0 aliphatic heterocycles. The van der Waals surface area contributed by atoms with Crippen molar-refractivity contribution in [3.63, 3.8) is 0 Å². The van der Waals surface area contributed by atoms with Gasteiger partial charge in [-0.15, -0.1) is 0 Å². The Morgan fingerprint density at radius 3 is 2.64 bits per heavy atom. The van der Waals surface area contributed by atoms with Gasteiger partial charge in [-0.2, -0.15) is 0 Å². The monoisotopic (exact) mass is 212 g/mol. The Morgan fingerprint density at radius 2 is 2.07 bits per heavy atom. The van der Waals surface area contributed by atoms with Gasteiger partial charge >= 0.3 is 0 Å². The van der Waals surface area contributed by atoms with Gasteiger partial charge in [-0.25, -0.2) is 0 Å². The van der Waals surface area contributed by atoms with Crippen molar-refractivity contribution < 1.29 is 10.2 Å². The van der Waals surface area contributed by atoms with Crippen molar-refractivity contribution in [3.8, 4) is 5.75 Å². The lowest BCUT2D eigenvalue weighted by molar-refractivity contribution is 0.140. The van der Waals surface area contributed by atoms with Crippen molar-refractivity contribution in [3.05, 3.63) is 28.8 Å². The molecule has 1 aliphatic carbocycles. The first-order valence-electron chi connectivity index (χ1n) is 4.79. The fourth-order valence-corrected chi connectivity index (χ4v) is 1.81. The lowest BCUT2D eigenvalue weighted by Gasteiger charge is -2.09. The second-order valence-electron chi connectivity index (χ2n) is 3.96. The minimum atomic E-state index is -0.481. The van der Waals surface area contributed by atoms with Gasteiger partial charge in [-0.05, 0) is 37.8 Å². The molecule has 0 atom stereocenters. The molecule has 1 aromatic rings. The summed E-state index contributed by atoms with van der Waals surface area (Å²) in [6, 6.07) is 5.10. The average Bonchev–Trinajstić information content (AvgIpc) is 2.83. The molecule has 0 saturated heterocycles. The lowest BCUT2D eigenvalue weighted by atomic mass is 10.0. The maximum absolute atomic E-state index is 9.65. The third-order valence-electron chi connectivity index (χ3n) is 2.76. The van der Waals surface area contributed by atoms with Gasteiger partial charge in [0.25, 0.3) is 0 Å². The third kappa shape index (κ3) is 2.02. The average molecular weight is 213 g/mol. The predicted octanol–water partition coefficient (Wildman–Crippen LogP) is 2.50. The first-order valence-corrected chi connectivity index (χ1v) is 5.17. The molecule has 0 bridgehead atoms. The zero-order valence-electron chi connectivity index (χ0n) is 7.83. The summed E-state index contributed by atoms with van der Waals surface area (Å²) < 4.78 is 0. The molecule has 0 unspecified atom stereocenters. The van der Waals surface area contributed by atoms with Crippen LogP contribution in [0.4, 0.5) is 0 Å². The van der Waals surface area contributed by atoms with E-state index in [1.54, 1.807) is 18.2 Å². The van der Waals surface area contributed by atoms with Crippen LogP contribution in [0.1, 0.15) is 24.8 Å². The Morgan fingerprint density at radius 1 is 1.36 bits per heavy atom. The number of aliphatic hydroxyl groups is 1. The van der Waals surface area contributed by atoms with Crippen LogP contribution in [-0.2, 0) is 6.42 Å². The van der Waals surface area contributed by atoms with Crippen molar-refractivity contribution in [2.45, 2.75) is 31.3 Å². The number of hydrogen-bond donors (Lipinski definition) is 2. The summed E-state index contributed by atoms with van der Waals surface area (Å²) in [4.78, 5) is 0. The smallest absolute Gasteiger partial charge is 0.120 e. The number of hydrogen-bond acceptors (Lipinski definition) is 2. The van der Waals surface area contributed by atoms with Gasteiger partial charge in [0.15, 0.2) is 0 Å². The van der Waals surface area contributed by atoms with E-state index in [2.05, 4.69) is 0 Å². The minimum absolute atomic E-state index is 0.224. The molecule has 0 spiro atoms. The van der Waals surface area contributed by atoms with E-state index in [1.165, 1.54) is 0 Å². The molecular formula is C11H13ClO2. The molecule has 1 fully saturated rings. The van der Waals surface area contributed by atoms with Crippen LogP contribution in [0.5, 0.6) is 5.75 Å². The van der Waals surface area contributed by atoms with Crippen molar-refractivity contribution in [2.24, 2.45) is 0 Å². The summed E-state index contributed by atoms with van der Waals surface area (Å²) in [5, 5.41) is 19.8. The van der Waals surface area contributed by atoms with Crippen molar-refractivity contribution in [1.29, 1.82) is 0 Å². The van der Waals surface area contributed by atoms with Crippen LogP contribution in [0.15, 0.2) is 18.2 Å². The van der Waals surface area contributed by atoms with Gasteiger partial charge in [0.05, 0.1) is 5.60 Å². The standard InChI is InChI=1S/C11H13ClO2/c12-9-2-1-3-10(13)8(9)4-5-11(14)6-7-11/h1-3,13-14H,4-7H2. The van der Waals surface area contributed by atoms with E-state index in [4.69, 9.17) is 11.6 Å². The molecule has 0 aromatic heterocycles. The summed E-state index contributed by atoms with van der Waals surface area (Å²) >= 11 is 5.94. The fraction of sp³-hybridized carbons (Fsp3) is 0.455. The van der Waals surface area contributed by atoms with E-state index < -0.39 is 5.60 Å². The van der Waals surface area contributed by atoms with Crippen LogP contribution in [0.2, 0.25) is 5.02 Å². The first-order chi connectivity index (χ1) is 6.61. The summed E-state index contributed by atoms with van der Waals surface area (Å²) in [6.07, 6.45) is 3.07. The third-order valence-corrected chi connectivity index (χ3v) is 3.12. The molecule has 1 aromatic carbocycles. The molecule has 0 amide bonds. The Labute approximate surface area is 88.1 Å². The number of rotatable bonds is 3. The zero-order valence-corrected chi connectivity index (χ0v) is 8.59. The highest BCUT2D eigenvalue weighted by Gasteiger charge is 2.39. The van der Waals surface area contributed by atoms with Gasteiger partial charge in [0.1, 0.15) is 5.75 Å². The van der Waals surface area contributed by atoms with Crippen molar-refractivity contribution in [2.75, 3.05) is 0 Å². The quantitative estimate of drug-likeness (QED) is 0.808. The van der Waals surface area contributed by atoms with Crippen LogP contribution >= 0.6 is 11.6 Å². The van der Waals surface area contributed by atoms with Crippen LogP contribution in [-0.4, -0.2) is 15.8 Å². The minimum Gasteiger partial charge on any atom is -0.508 e. The first kappa shape index (κ1) is 9.81. The summed E-state index contributed by atoms with van der Waals surface area (Å²) in [5.74, 6) is 0.224.